The lowest BCUT2D eigenvalue weighted by Gasteiger charge is -2.38. The molecule has 12 nitrogen and oxygen atoms in total. The monoisotopic (exact) mass is 610 g/mol. The zero-order chi connectivity index (χ0) is 29.4. The number of Topliss-reactive ketones (excluding diaryl/α,β-unsaturated/α-hetero) is 1. The molecule has 41 heavy (non-hydrogen) atoms. The topological polar surface area (TPSA) is 178 Å². The number of allylic oxidation sites excluding steroid dienone is 5. The van der Waals surface area contributed by atoms with Gasteiger partial charge in [-0.2, -0.15) is 4.31 Å². The Morgan fingerprint density at radius 2 is 2.02 bits per heavy atom. The lowest BCUT2D eigenvalue weighted by Crippen LogP contribution is -2.48. The zero-order valence-corrected chi connectivity index (χ0v) is 23.6. The molecule has 222 valence electrons. The normalized spacial score (nSPS) is 25.3. The number of aliphatic hydroxyl groups excluding tert-OH is 1. The van der Waals surface area contributed by atoms with Crippen molar-refractivity contribution in [1.82, 2.24) is 9.62 Å². The van der Waals surface area contributed by atoms with Crippen LogP contribution in [0, 0.1) is 5.92 Å². The van der Waals surface area contributed by atoms with Gasteiger partial charge in [0, 0.05) is 31.7 Å². The fraction of sp³-hybridized carbons (Fsp3) is 0.462. The average Bonchev–Trinajstić information content (AvgIpc) is 3.32. The maximum absolute atomic E-state index is 13.5. The van der Waals surface area contributed by atoms with Crippen molar-refractivity contribution in [2.24, 2.45) is 16.0 Å². The predicted octanol–water partition coefficient (Wildman–Crippen LogP) is 0.521. The molecule has 4 aliphatic rings. The third kappa shape index (κ3) is 6.51. The molecule has 15 heteroatoms. The van der Waals surface area contributed by atoms with E-state index >= 15 is 0 Å². The molecule has 1 unspecified atom stereocenters. The molecule has 0 aromatic heterocycles. The van der Waals surface area contributed by atoms with Crippen LogP contribution in [0.5, 0.6) is 5.75 Å². The number of carbonyl (C=O) groups is 1. The summed E-state index contributed by atoms with van der Waals surface area (Å²) in [6.07, 6.45) is 5.18. The first-order chi connectivity index (χ1) is 19.4. The molecule has 5 rings (SSSR count). The Bertz CT molecular complexity index is 1550. The summed E-state index contributed by atoms with van der Waals surface area (Å²) in [5.74, 6) is -1.83. The van der Waals surface area contributed by atoms with Crippen molar-refractivity contribution in [3.8, 4) is 5.75 Å². The van der Waals surface area contributed by atoms with Crippen LogP contribution in [0.2, 0.25) is 0 Å². The lowest BCUT2D eigenvalue weighted by molar-refractivity contribution is -0.115. The highest BCUT2D eigenvalue weighted by atomic mass is 32.2. The summed E-state index contributed by atoms with van der Waals surface area (Å²) in [7, 11) is -7.96. The van der Waals surface area contributed by atoms with Crippen LogP contribution in [0.3, 0.4) is 0 Å². The predicted molar refractivity (Wildman–Crippen MR) is 146 cm³/mol. The quantitative estimate of drug-likeness (QED) is 0.360. The number of rotatable bonds is 9. The van der Waals surface area contributed by atoms with Crippen molar-refractivity contribution in [3.63, 3.8) is 0 Å². The molecule has 0 bridgehead atoms. The molecular weight excluding hydrogens is 579 g/mol. The molecule has 4 N–H and O–H groups in total. The van der Waals surface area contributed by atoms with E-state index in [1.807, 2.05) is 0 Å². The van der Waals surface area contributed by atoms with Crippen LogP contribution in [0.15, 0.2) is 69.3 Å². The van der Waals surface area contributed by atoms with Crippen molar-refractivity contribution < 1.29 is 40.6 Å². The number of nitrogens with two attached hydrogens (primary N) is 1. The van der Waals surface area contributed by atoms with Crippen molar-refractivity contribution in [1.29, 1.82) is 0 Å². The average molecular weight is 611 g/mol. The number of primary sulfonamides is 1. The number of sulfonamides is 2. The molecular formula is C26H31FN4O8S2. The number of halogens is 1. The highest BCUT2D eigenvalue weighted by Gasteiger charge is 2.46. The van der Waals surface area contributed by atoms with Gasteiger partial charge in [-0.1, -0.05) is 12.1 Å². The van der Waals surface area contributed by atoms with Gasteiger partial charge in [-0.3, -0.25) is 9.79 Å². The smallest absolute Gasteiger partial charge is 0.248 e. The summed E-state index contributed by atoms with van der Waals surface area (Å²) < 4.78 is 75.9. The highest BCUT2D eigenvalue weighted by molar-refractivity contribution is 7.94. The van der Waals surface area contributed by atoms with Crippen LogP contribution < -0.4 is 15.2 Å². The summed E-state index contributed by atoms with van der Waals surface area (Å²) in [5.41, 5.74) is -0.346. The number of nitrogens with one attached hydrogen (secondary N) is 1. The Morgan fingerprint density at radius 3 is 2.76 bits per heavy atom. The largest absolute Gasteiger partial charge is 0.491 e. The third-order valence-corrected chi connectivity index (χ3v) is 10.4. The van der Waals surface area contributed by atoms with E-state index in [2.05, 4.69) is 10.3 Å². The van der Waals surface area contributed by atoms with E-state index in [1.165, 1.54) is 28.6 Å². The second kappa shape index (κ2) is 11.5. The number of piperidine rings is 1. The molecule has 3 atom stereocenters. The highest BCUT2D eigenvalue weighted by Crippen LogP contribution is 2.38. The van der Waals surface area contributed by atoms with Gasteiger partial charge < -0.3 is 19.9 Å². The number of benzene rings is 1. The van der Waals surface area contributed by atoms with Gasteiger partial charge in [-0.25, -0.2) is 26.4 Å². The summed E-state index contributed by atoms with van der Waals surface area (Å²) in [5, 5.41) is 18.7. The van der Waals surface area contributed by atoms with E-state index in [-0.39, 0.29) is 48.6 Å². The molecule has 3 aliphatic heterocycles. The van der Waals surface area contributed by atoms with E-state index in [0.29, 0.717) is 25.9 Å². The molecule has 0 saturated carbocycles. The van der Waals surface area contributed by atoms with Crippen LogP contribution in [-0.2, 0) is 29.6 Å². The Hall–Kier alpha value is -2.79. The minimum Gasteiger partial charge on any atom is -0.491 e. The molecule has 1 aromatic rings. The minimum absolute atomic E-state index is 0.0690. The van der Waals surface area contributed by atoms with Crippen molar-refractivity contribution in [3.05, 3.63) is 59.4 Å². The first-order valence-electron chi connectivity index (χ1n) is 13.1. The van der Waals surface area contributed by atoms with Crippen LogP contribution in [0.25, 0.3) is 0 Å². The maximum Gasteiger partial charge on any atom is 0.248 e. The fourth-order valence-electron chi connectivity index (χ4n) is 5.34. The van der Waals surface area contributed by atoms with Gasteiger partial charge in [-0.15, -0.1) is 0 Å². The van der Waals surface area contributed by atoms with Gasteiger partial charge in [-0.05, 0) is 43.5 Å². The number of ketones is 1. The summed E-state index contributed by atoms with van der Waals surface area (Å²) in [6.45, 7) is 0.843. The lowest BCUT2D eigenvalue weighted by atomic mass is 9.88. The van der Waals surface area contributed by atoms with Gasteiger partial charge in [0.15, 0.2) is 5.78 Å². The Morgan fingerprint density at radius 1 is 1.27 bits per heavy atom. The van der Waals surface area contributed by atoms with Gasteiger partial charge in [0.2, 0.25) is 20.0 Å². The van der Waals surface area contributed by atoms with E-state index < -0.39 is 54.2 Å². The summed E-state index contributed by atoms with van der Waals surface area (Å²) >= 11 is 0. The number of aliphatic imine (C=N–C) groups is 1. The zero-order valence-electron chi connectivity index (χ0n) is 22.0. The van der Waals surface area contributed by atoms with Gasteiger partial charge in [0.25, 0.3) is 0 Å². The number of nitrogens with zero attached hydrogens (tertiary/aromatic N) is 2. The first kappa shape index (κ1) is 29.7. The second-order valence-corrected chi connectivity index (χ2v) is 13.9. The van der Waals surface area contributed by atoms with Crippen LogP contribution in [0.4, 0.5) is 4.39 Å². The van der Waals surface area contributed by atoms with E-state index in [0.717, 1.165) is 18.4 Å². The van der Waals surface area contributed by atoms with Crippen molar-refractivity contribution >= 4 is 31.5 Å². The third-order valence-electron chi connectivity index (χ3n) is 7.59. The first-order valence-corrected chi connectivity index (χ1v) is 16.0. The molecule has 1 aliphatic carbocycles. The Kier molecular flexibility index (Phi) is 8.31. The molecule has 0 amide bonds. The molecule has 0 radical (unpaired) electrons. The second-order valence-electron chi connectivity index (χ2n) is 10.5. The number of hydrogen-bond acceptors (Lipinski definition) is 10. The van der Waals surface area contributed by atoms with Gasteiger partial charge >= 0.3 is 0 Å². The minimum atomic E-state index is -4.09. The number of carbonyl (C=O) groups excluding carboxylic acids is 1. The van der Waals surface area contributed by atoms with E-state index in [1.54, 1.807) is 6.07 Å². The molecule has 2 saturated heterocycles. The summed E-state index contributed by atoms with van der Waals surface area (Å²) in [4.78, 5) is 16.4. The van der Waals surface area contributed by atoms with E-state index in [9.17, 15) is 31.1 Å². The standard InChI is InChI=1S/C26H31FN4O8S2/c27-17-4-5-22-23(10-17)30-14-24(25(22)33)41(36,37)31-8-6-26(7-9-31)12-18(15-39-26)29-13-19(32)16-38-20-2-1-3-21(11-20)40(28,34)35/h1-5,10-11,14,18-19,22,29,32H,6-9,12-13,15-16H2,(H2,28,34,35)/t18-,19+,22?/m1/s1. The Labute approximate surface area is 237 Å². The van der Waals surface area contributed by atoms with E-state index in [4.69, 9.17) is 14.6 Å². The molecule has 1 spiro atoms. The number of hydrogen-bond donors (Lipinski definition) is 3. The maximum atomic E-state index is 13.5. The number of fused-ring (bicyclic) bond motifs is 1. The van der Waals surface area contributed by atoms with Crippen molar-refractivity contribution in [2.45, 2.75) is 41.9 Å². The van der Waals surface area contributed by atoms with Crippen LogP contribution >= 0.6 is 0 Å². The summed E-state index contributed by atoms with van der Waals surface area (Å²) in [6, 6.07) is 5.62. The van der Waals surface area contributed by atoms with Gasteiger partial charge in [0.1, 0.15) is 29.2 Å². The van der Waals surface area contributed by atoms with Crippen LogP contribution in [-0.4, -0.2) is 88.3 Å². The van der Waals surface area contributed by atoms with Gasteiger partial charge in [0.05, 0.1) is 34.9 Å². The molecule has 2 fully saturated rings. The number of aliphatic hydroxyl groups is 1. The number of ether oxygens (including phenoxy) is 2. The molecule has 1 aromatic carbocycles. The SMILES string of the molecule is NS(=O)(=O)c1cccc(OC[C@@H](O)CN[C@H]2COC3(CCN(S(=O)(=O)C4=CN=C5C=C(F)C=CC5C4=O)CC3)C2)c1. The van der Waals surface area contributed by atoms with Crippen molar-refractivity contribution in [2.75, 3.05) is 32.8 Å². The molecule has 3 heterocycles. The fourth-order valence-corrected chi connectivity index (χ4v) is 7.40. The van der Waals surface area contributed by atoms with Crippen LogP contribution in [0.1, 0.15) is 19.3 Å². The Balaban J connectivity index is 1.10.